The Morgan fingerprint density at radius 2 is 1.10 bits per heavy atom. The van der Waals surface area contributed by atoms with E-state index in [2.05, 4.69) is 10.6 Å². The van der Waals surface area contributed by atoms with Crippen molar-refractivity contribution in [3.05, 3.63) is 59.7 Å². The minimum atomic E-state index is -1.06. The number of ether oxygens (including phenoxy) is 5. The van der Waals surface area contributed by atoms with E-state index in [0.29, 0.717) is 57.2 Å². The summed E-state index contributed by atoms with van der Waals surface area (Å²) in [4.78, 5) is 79.4. The Balaban J connectivity index is 0.000000231. The molecule has 0 saturated carbocycles. The number of nitrogens with one attached hydrogen (secondary N) is 2. The van der Waals surface area contributed by atoms with Gasteiger partial charge in [0.05, 0.1) is 58.6 Å². The molecule has 6 rings (SSSR count). The van der Waals surface area contributed by atoms with Gasteiger partial charge in [0.2, 0.25) is 23.6 Å². The van der Waals surface area contributed by atoms with Gasteiger partial charge in [-0.25, -0.2) is 9.59 Å². The zero-order valence-electron chi connectivity index (χ0n) is 36.4. The summed E-state index contributed by atoms with van der Waals surface area (Å²) in [7, 11) is 1.31. The third-order valence-electron chi connectivity index (χ3n) is 11.0. The van der Waals surface area contributed by atoms with Crippen LogP contribution in [0, 0.1) is 10.8 Å². The maximum Gasteiger partial charge on any atom is 0.328 e. The van der Waals surface area contributed by atoms with E-state index in [9.17, 15) is 33.9 Å². The maximum absolute atomic E-state index is 13.5. The molecule has 2 saturated heterocycles. The SMILES string of the molecule is CC(C)(C)[C@@H]1NC(=O)Cc2cccc(c2)OCCCO[C@H]2C[C@@H](C(=O)O)N(C2)C1=O.COC(=O)[C@@H]1C[C@H]2CN1C(=O)[C@H](C(C)(C)C)NC(=O)Cc1cccc(c1)OCCCO2. The second kappa shape index (κ2) is 20.6. The highest BCUT2D eigenvalue weighted by atomic mass is 16.5. The van der Waals surface area contributed by atoms with Crippen LogP contribution in [-0.2, 0) is 55.8 Å². The van der Waals surface area contributed by atoms with Crippen molar-refractivity contribution >= 4 is 35.6 Å². The number of hydrogen-bond donors (Lipinski definition) is 3. The number of carbonyl (C=O) groups excluding carboxylic acids is 5. The predicted molar refractivity (Wildman–Crippen MR) is 223 cm³/mol. The Hall–Kier alpha value is -5.22. The molecule has 16 heteroatoms. The van der Waals surface area contributed by atoms with Crippen LogP contribution in [0.15, 0.2) is 48.5 Å². The van der Waals surface area contributed by atoms with Crippen molar-refractivity contribution in [2.75, 3.05) is 46.6 Å². The summed E-state index contributed by atoms with van der Waals surface area (Å²) in [6, 6.07) is 11.3. The molecule has 0 aliphatic carbocycles. The molecule has 3 N–H and O–H groups in total. The lowest BCUT2D eigenvalue weighted by molar-refractivity contribution is -0.153. The van der Waals surface area contributed by atoms with Gasteiger partial charge in [0.25, 0.3) is 0 Å². The lowest BCUT2D eigenvalue weighted by Gasteiger charge is -2.35. The minimum absolute atomic E-state index is 0.102. The average Bonchev–Trinajstić information content (AvgIpc) is 3.82. The van der Waals surface area contributed by atoms with Crippen LogP contribution in [0.25, 0.3) is 0 Å². The highest BCUT2D eigenvalue weighted by molar-refractivity contribution is 5.93. The standard InChI is InChI=1S/C23H32N2O6.C22H30N2O6/c1-23(2,3)20-21(27)25-14-17(13-18(25)22(28)29-4)31-10-6-9-30-16-8-5-7-15(11-16)12-19(26)24-20;1-22(2,3)19-20(26)24-13-16(12-17(24)21(27)28)30-9-5-8-29-15-7-4-6-14(10-15)11-18(25)23-19/h5,7-8,11,17-18,20H,6,9-10,12-14H2,1-4H3,(H,24,26);4,6-7,10,16-17,19H,5,8-9,11-13H2,1-3H3,(H,23,25)(H,27,28)/t17-,18-,20+;16-,17-,19+/m00/s1. The topological polar surface area (TPSA) is 199 Å². The molecule has 334 valence electrons. The second-order valence-electron chi connectivity index (χ2n) is 18.1. The second-order valence-corrected chi connectivity index (χ2v) is 18.1. The van der Waals surface area contributed by atoms with Gasteiger partial charge in [-0.1, -0.05) is 65.8 Å². The molecular weight excluding hydrogens is 789 g/mol. The van der Waals surface area contributed by atoms with Crippen molar-refractivity contribution in [2.24, 2.45) is 10.8 Å². The summed E-state index contributed by atoms with van der Waals surface area (Å²) in [6.45, 7) is 13.5. The van der Waals surface area contributed by atoms with Crippen LogP contribution in [0.3, 0.4) is 0 Å². The van der Waals surface area contributed by atoms with Crippen LogP contribution in [0.4, 0.5) is 0 Å². The number of nitrogens with zero attached hydrogens (tertiary/aromatic N) is 2. The molecule has 0 unspecified atom stereocenters. The fourth-order valence-corrected chi connectivity index (χ4v) is 7.83. The molecule has 61 heavy (non-hydrogen) atoms. The third-order valence-corrected chi connectivity index (χ3v) is 11.0. The van der Waals surface area contributed by atoms with Crippen molar-refractivity contribution in [3.63, 3.8) is 0 Å². The number of benzene rings is 2. The van der Waals surface area contributed by atoms with E-state index in [1.165, 1.54) is 16.9 Å². The highest BCUT2D eigenvalue weighted by Crippen LogP contribution is 2.30. The number of aliphatic carboxylic acids is 1. The first-order valence-electron chi connectivity index (χ1n) is 21.0. The van der Waals surface area contributed by atoms with E-state index in [1.807, 2.05) is 90.1 Å². The number of amides is 4. The van der Waals surface area contributed by atoms with Gasteiger partial charge in [0.1, 0.15) is 35.7 Å². The molecule has 16 nitrogen and oxygen atoms in total. The van der Waals surface area contributed by atoms with Crippen LogP contribution < -0.4 is 20.1 Å². The van der Waals surface area contributed by atoms with Gasteiger partial charge < -0.3 is 49.2 Å². The zero-order chi connectivity index (χ0) is 44.5. The molecule has 2 fully saturated rings. The van der Waals surface area contributed by atoms with Crippen LogP contribution >= 0.6 is 0 Å². The van der Waals surface area contributed by atoms with Crippen LogP contribution in [0.1, 0.15) is 78.4 Å². The Labute approximate surface area is 357 Å². The van der Waals surface area contributed by atoms with Gasteiger partial charge in [0, 0.05) is 38.8 Å². The van der Waals surface area contributed by atoms with E-state index in [-0.39, 0.29) is 62.3 Å². The van der Waals surface area contributed by atoms with Gasteiger partial charge in [-0.15, -0.1) is 0 Å². The van der Waals surface area contributed by atoms with Crippen LogP contribution in [0.5, 0.6) is 11.5 Å². The van der Waals surface area contributed by atoms with Gasteiger partial charge in [-0.3, -0.25) is 19.2 Å². The normalized spacial score (nSPS) is 25.8. The molecule has 2 aromatic carbocycles. The molecule has 0 radical (unpaired) electrons. The highest BCUT2D eigenvalue weighted by Gasteiger charge is 2.47. The van der Waals surface area contributed by atoms with Crippen LogP contribution in [0.2, 0.25) is 0 Å². The number of carboxylic acids is 1. The number of carbonyl (C=O) groups is 6. The van der Waals surface area contributed by atoms with Gasteiger partial charge >= 0.3 is 11.9 Å². The van der Waals surface area contributed by atoms with Crippen molar-refractivity contribution in [2.45, 2.75) is 116 Å². The summed E-state index contributed by atoms with van der Waals surface area (Å²) >= 11 is 0. The van der Waals surface area contributed by atoms with Gasteiger partial charge in [-0.2, -0.15) is 0 Å². The molecule has 4 amide bonds. The summed E-state index contributed by atoms with van der Waals surface area (Å²) in [6.07, 6.45) is 1.50. The van der Waals surface area contributed by atoms with Crippen molar-refractivity contribution in [1.82, 2.24) is 20.4 Å². The summed E-state index contributed by atoms with van der Waals surface area (Å²) < 4.78 is 28.2. The number of methoxy groups -OCH3 is 1. The quantitative estimate of drug-likeness (QED) is 0.374. The number of fused-ring (bicyclic) bond motifs is 8. The Morgan fingerprint density at radius 3 is 1.51 bits per heavy atom. The summed E-state index contributed by atoms with van der Waals surface area (Å²) in [5.74, 6) is -1.43. The average molecular weight is 851 g/mol. The number of esters is 1. The zero-order valence-corrected chi connectivity index (χ0v) is 36.4. The third kappa shape index (κ3) is 12.9. The monoisotopic (exact) mass is 850 g/mol. The first kappa shape index (κ1) is 46.8. The molecule has 8 bridgehead atoms. The lowest BCUT2D eigenvalue weighted by atomic mass is 9.85. The molecule has 4 aliphatic rings. The number of carboxylic acid groups (broad SMARTS) is 1. The molecule has 4 aliphatic heterocycles. The fraction of sp³-hybridized carbons (Fsp3) is 0.600. The Bertz CT molecular complexity index is 1890. The maximum atomic E-state index is 13.5. The Kier molecular flexibility index (Phi) is 15.8. The lowest BCUT2D eigenvalue weighted by Crippen LogP contribution is -2.57. The molecule has 6 atom stereocenters. The van der Waals surface area contributed by atoms with E-state index < -0.39 is 52.8 Å². The molecule has 0 aromatic heterocycles. The predicted octanol–water partition coefficient (Wildman–Crippen LogP) is 3.31. The number of rotatable bonds is 2. The first-order valence-corrected chi connectivity index (χ1v) is 21.0. The fourth-order valence-electron chi connectivity index (χ4n) is 7.83. The first-order chi connectivity index (χ1) is 28.8. The van der Waals surface area contributed by atoms with E-state index in [4.69, 9.17) is 23.7 Å². The summed E-state index contributed by atoms with van der Waals surface area (Å²) in [5.41, 5.74) is 0.429. The van der Waals surface area contributed by atoms with E-state index >= 15 is 0 Å². The number of hydrogen-bond acceptors (Lipinski definition) is 11. The van der Waals surface area contributed by atoms with Crippen molar-refractivity contribution in [3.8, 4) is 11.5 Å². The molecule has 0 spiro atoms. The largest absolute Gasteiger partial charge is 0.493 e. The molecular formula is C45H62N4O12. The van der Waals surface area contributed by atoms with Crippen molar-refractivity contribution in [1.29, 1.82) is 0 Å². The summed E-state index contributed by atoms with van der Waals surface area (Å²) in [5, 5.41) is 15.4. The van der Waals surface area contributed by atoms with Gasteiger partial charge in [-0.05, 0) is 46.2 Å². The van der Waals surface area contributed by atoms with Crippen molar-refractivity contribution < 1.29 is 57.6 Å². The molecule has 4 heterocycles. The minimum Gasteiger partial charge on any atom is -0.493 e. The van der Waals surface area contributed by atoms with E-state index in [0.717, 1.165) is 11.1 Å². The van der Waals surface area contributed by atoms with Gasteiger partial charge in [0.15, 0.2) is 0 Å². The Morgan fingerprint density at radius 1 is 0.672 bits per heavy atom. The molecule has 2 aromatic rings. The van der Waals surface area contributed by atoms with E-state index in [1.54, 1.807) is 0 Å². The van der Waals surface area contributed by atoms with Crippen LogP contribution in [-0.4, -0.2) is 133 Å². The smallest absolute Gasteiger partial charge is 0.328 e.